The summed E-state index contributed by atoms with van der Waals surface area (Å²) in [5, 5.41) is 43.2. The Morgan fingerprint density at radius 2 is 1.68 bits per heavy atom. The van der Waals surface area contributed by atoms with Gasteiger partial charge in [-0.2, -0.15) is 0 Å². The zero-order chi connectivity index (χ0) is 23.4. The van der Waals surface area contributed by atoms with Crippen LogP contribution in [-0.2, 0) is 16.1 Å². The van der Waals surface area contributed by atoms with E-state index < -0.39 is 37.3 Å². The minimum Gasteiger partial charge on any atom is -0.460 e. The summed E-state index contributed by atoms with van der Waals surface area (Å²) in [6, 6.07) is 5.56. The van der Waals surface area contributed by atoms with Crippen LogP contribution in [0.4, 0.5) is 5.69 Å². The van der Waals surface area contributed by atoms with Crippen molar-refractivity contribution < 1.29 is 34.6 Å². The van der Waals surface area contributed by atoms with Gasteiger partial charge in [0.2, 0.25) is 6.29 Å². The summed E-state index contributed by atoms with van der Waals surface area (Å²) in [5.74, 6) is 0.421. The first kappa shape index (κ1) is 25.8. The Bertz CT molecular complexity index is 707. The lowest BCUT2D eigenvalue weighted by atomic mass is 9.99. The molecule has 1 fully saturated rings. The van der Waals surface area contributed by atoms with Crippen LogP contribution >= 0.6 is 0 Å². The van der Waals surface area contributed by atoms with Crippen molar-refractivity contribution in [2.45, 2.75) is 103 Å². The third-order valence-electron chi connectivity index (χ3n) is 5.97. The molecule has 5 unspecified atom stereocenters. The van der Waals surface area contributed by atoms with E-state index in [1.807, 2.05) is 26.0 Å². The Hall–Kier alpha value is -1.42. The molecule has 5 atom stereocenters. The Morgan fingerprint density at radius 1 is 1.00 bits per heavy atom. The molecule has 1 heterocycles. The summed E-state index contributed by atoms with van der Waals surface area (Å²) in [7, 11) is 0. The van der Waals surface area contributed by atoms with Crippen LogP contribution in [-0.4, -0.2) is 68.9 Å². The Kier molecular flexibility index (Phi) is 8.72. The molecule has 8 heteroatoms. The van der Waals surface area contributed by atoms with E-state index in [1.54, 1.807) is 6.07 Å². The number of aliphatic hydroxyl groups excluding tert-OH is 4. The van der Waals surface area contributed by atoms with Gasteiger partial charge in [0.25, 0.3) is 0 Å². The van der Waals surface area contributed by atoms with E-state index in [1.165, 1.54) is 0 Å². The molecule has 1 aromatic carbocycles. The molecule has 8 nitrogen and oxygen atoms in total. The highest BCUT2D eigenvalue weighted by Gasteiger charge is 2.45. The van der Waals surface area contributed by atoms with E-state index in [0.717, 1.165) is 18.4 Å². The fourth-order valence-corrected chi connectivity index (χ4v) is 2.99. The van der Waals surface area contributed by atoms with Gasteiger partial charge in [0.15, 0.2) is 0 Å². The maximum atomic E-state index is 10.3. The van der Waals surface area contributed by atoms with Crippen molar-refractivity contribution in [3.63, 3.8) is 0 Å². The maximum absolute atomic E-state index is 10.3. The third-order valence-corrected chi connectivity index (χ3v) is 5.97. The van der Waals surface area contributed by atoms with Crippen LogP contribution in [0.15, 0.2) is 18.2 Å². The van der Waals surface area contributed by atoms with Crippen molar-refractivity contribution >= 4 is 5.69 Å². The minimum atomic E-state index is -1.50. The summed E-state index contributed by atoms with van der Waals surface area (Å²) in [6.07, 6.45) is -4.94. The van der Waals surface area contributed by atoms with Gasteiger partial charge in [0.05, 0.1) is 24.5 Å². The lowest BCUT2D eigenvalue weighted by Gasteiger charge is -2.40. The third kappa shape index (κ3) is 6.78. The van der Waals surface area contributed by atoms with Gasteiger partial charge in [-0.3, -0.25) is 0 Å². The molecule has 0 saturated carbocycles. The predicted molar refractivity (Wildman–Crippen MR) is 118 cm³/mol. The molecule has 0 amide bonds. The molecule has 0 spiro atoms. The number of ether oxygens (including phenoxy) is 3. The van der Waals surface area contributed by atoms with Crippen molar-refractivity contribution in [3.8, 4) is 5.75 Å². The summed E-state index contributed by atoms with van der Waals surface area (Å²) in [6.45, 7) is 12.3. The molecule has 5 N–H and O–H groups in total. The average Bonchev–Trinajstić information content (AvgIpc) is 2.73. The lowest BCUT2D eigenvalue weighted by molar-refractivity contribution is -0.277. The second kappa shape index (κ2) is 10.5. The van der Waals surface area contributed by atoms with Crippen molar-refractivity contribution in [1.29, 1.82) is 0 Å². The normalized spacial score (nSPS) is 27.2. The minimum absolute atomic E-state index is 0.227. The molecule has 0 bridgehead atoms. The molecule has 178 valence electrons. The second-order valence-corrected chi connectivity index (χ2v) is 9.41. The molecule has 0 radical (unpaired) electrons. The number of hydrogen-bond acceptors (Lipinski definition) is 8. The van der Waals surface area contributed by atoms with Crippen LogP contribution < -0.4 is 10.1 Å². The SMILES string of the molecule is CCC(C)(C)Nc1cc(COC(C)(C)CC)ccc1OC1OC(CO)C(O)C(O)C1O. The van der Waals surface area contributed by atoms with Gasteiger partial charge in [-0.05, 0) is 58.2 Å². The molecule has 1 saturated heterocycles. The Morgan fingerprint density at radius 3 is 2.26 bits per heavy atom. The van der Waals surface area contributed by atoms with Crippen molar-refractivity contribution in [1.82, 2.24) is 0 Å². The van der Waals surface area contributed by atoms with Crippen LogP contribution in [0.3, 0.4) is 0 Å². The van der Waals surface area contributed by atoms with Crippen molar-refractivity contribution in [2.24, 2.45) is 0 Å². The van der Waals surface area contributed by atoms with Gasteiger partial charge < -0.3 is 40.0 Å². The van der Waals surface area contributed by atoms with Gasteiger partial charge in [0, 0.05) is 5.54 Å². The first-order valence-corrected chi connectivity index (χ1v) is 10.9. The van der Waals surface area contributed by atoms with E-state index in [4.69, 9.17) is 14.2 Å². The topological polar surface area (TPSA) is 121 Å². The first-order chi connectivity index (χ1) is 14.4. The first-order valence-electron chi connectivity index (χ1n) is 10.9. The monoisotopic (exact) mass is 441 g/mol. The molecule has 2 rings (SSSR count). The second-order valence-electron chi connectivity index (χ2n) is 9.41. The number of anilines is 1. The van der Waals surface area contributed by atoms with Gasteiger partial charge in [-0.15, -0.1) is 0 Å². The summed E-state index contributed by atoms with van der Waals surface area (Å²) in [5.41, 5.74) is 1.19. The van der Waals surface area contributed by atoms with Crippen LogP contribution in [0.1, 0.15) is 59.9 Å². The molecule has 1 aromatic rings. The highest BCUT2D eigenvalue weighted by molar-refractivity contribution is 5.59. The van der Waals surface area contributed by atoms with Crippen LogP contribution in [0.25, 0.3) is 0 Å². The zero-order valence-corrected chi connectivity index (χ0v) is 19.5. The maximum Gasteiger partial charge on any atom is 0.229 e. The van der Waals surface area contributed by atoms with Gasteiger partial charge in [-0.25, -0.2) is 0 Å². The smallest absolute Gasteiger partial charge is 0.229 e. The molecule has 1 aliphatic heterocycles. The number of rotatable bonds is 10. The number of nitrogens with one attached hydrogen (secondary N) is 1. The molecule has 31 heavy (non-hydrogen) atoms. The molecule has 1 aliphatic rings. The fourth-order valence-electron chi connectivity index (χ4n) is 2.99. The zero-order valence-electron chi connectivity index (χ0n) is 19.5. The van der Waals surface area contributed by atoms with E-state index in [2.05, 4.69) is 33.0 Å². The Labute approximate surface area is 185 Å². The highest BCUT2D eigenvalue weighted by atomic mass is 16.7. The molecule has 0 aliphatic carbocycles. The fraction of sp³-hybridized carbons (Fsp3) is 0.739. The van der Waals surface area contributed by atoms with Gasteiger partial charge in [-0.1, -0.05) is 19.9 Å². The van der Waals surface area contributed by atoms with E-state index in [9.17, 15) is 20.4 Å². The van der Waals surface area contributed by atoms with E-state index in [0.29, 0.717) is 18.0 Å². The van der Waals surface area contributed by atoms with E-state index >= 15 is 0 Å². The number of benzene rings is 1. The van der Waals surface area contributed by atoms with Crippen molar-refractivity contribution in [3.05, 3.63) is 23.8 Å². The van der Waals surface area contributed by atoms with Gasteiger partial charge >= 0.3 is 0 Å². The van der Waals surface area contributed by atoms with Crippen LogP contribution in [0.5, 0.6) is 5.75 Å². The van der Waals surface area contributed by atoms with E-state index in [-0.39, 0.29) is 11.1 Å². The molecule has 0 aromatic heterocycles. The standard InChI is InChI=1S/C23H39NO7/c1-7-22(3,4)24-15-11-14(13-29-23(5,6)8-2)9-10-16(15)30-21-20(28)19(27)18(26)17(12-25)31-21/h9-11,17-21,24-28H,7-8,12-13H2,1-6H3. The molecular formula is C23H39NO7. The Balaban J connectivity index is 2.28. The van der Waals surface area contributed by atoms with Crippen LogP contribution in [0, 0.1) is 0 Å². The quantitative estimate of drug-likeness (QED) is 0.375. The predicted octanol–water partition coefficient (Wildman–Crippen LogP) is 2.17. The lowest BCUT2D eigenvalue weighted by Crippen LogP contribution is -2.60. The number of aliphatic hydroxyl groups is 4. The number of hydrogen-bond donors (Lipinski definition) is 5. The van der Waals surface area contributed by atoms with Crippen LogP contribution in [0.2, 0.25) is 0 Å². The van der Waals surface area contributed by atoms with Crippen molar-refractivity contribution in [2.75, 3.05) is 11.9 Å². The largest absolute Gasteiger partial charge is 0.460 e. The highest BCUT2D eigenvalue weighted by Crippen LogP contribution is 2.33. The van der Waals surface area contributed by atoms with Gasteiger partial charge in [0.1, 0.15) is 30.2 Å². The average molecular weight is 442 g/mol. The summed E-state index contributed by atoms with van der Waals surface area (Å²) < 4.78 is 17.4. The molecular weight excluding hydrogens is 402 g/mol. The summed E-state index contributed by atoms with van der Waals surface area (Å²) in [4.78, 5) is 0. The summed E-state index contributed by atoms with van der Waals surface area (Å²) >= 11 is 0.